The maximum atomic E-state index is 12.5. The molecule has 1 aromatic heterocycles. The number of rotatable bonds is 1. The Labute approximate surface area is 128 Å². The normalized spacial score (nSPS) is 19.4. The van der Waals surface area contributed by atoms with Crippen molar-refractivity contribution in [1.29, 1.82) is 5.26 Å². The zero-order valence-electron chi connectivity index (χ0n) is 12.6. The lowest BCUT2D eigenvalue weighted by Gasteiger charge is -2.49. The molecular formula is C17H18N4O. The summed E-state index contributed by atoms with van der Waals surface area (Å²) in [6.07, 6.45) is 1.17. The Balaban J connectivity index is 1.89. The molecule has 0 unspecified atom stereocenters. The first kappa shape index (κ1) is 13.4. The van der Waals surface area contributed by atoms with Crippen LogP contribution in [0, 0.1) is 16.7 Å². The van der Waals surface area contributed by atoms with E-state index in [4.69, 9.17) is 0 Å². The van der Waals surface area contributed by atoms with Crippen LogP contribution in [0.2, 0.25) is 0 Å². The molecule has 3 heterocycles. The Bertz CT molecular complexity index is 847. The lowest BCUT2D eigenvalue weighted by molar-refractivity contribution is 0.243. The second kappa shape index (κ2) is 4.59. The zero-order chi connectivity index (χ0) is 15.3. The average Bonchev–Trinajstić information content (AvgIpc) is 2.99. The van der Waals surface area contributed by atoms with E-state index in [2.05, 4.69) is 16.3 Å². The number of hydrogen-bond acceptors (Lipinski definition) is 4. The molecule has 2 aliphatic rings. The van der Waals surface area contributed by atoms with Gasteiger partial charge in [0.15, 0.2) is 0 Å². The molecule has 112 valence electrons. The van der Waals surface area contributed by atoms with Crippen LogP contribution in [-0.4, -0.2) is 30.7 Å². The highest BCUT2D eigenvalue weighted by atomic mass is 16.1. The largest absolute Gasteiger partial charge is 0.368 e. The molecule has 5 heteroatoms. The van der Waals surface area contributed by atoms with Crippen molar-refractivity contribution in [2.24, 2.45) is 12.5 Å². The number of fused-ring (bicyclic) bond motifs is 1. The number of nitriles is 1. The van der Waals surface area contributed by atoms with Crippen LogP contribution < -0.4 is 15.8 Å². The molecule has 1 aromatic carbocycles. The molecule has 2 saturated heterocycles. The number of benzene rings is 1. The average molecular weight is 294 g/mol. The van der Waals surface area contributed by atoms with Gasteiger partial charge in [-0.3, -0.25) is 4.79 Å². The molecule has 2 aliphatic heterocycles. The smallest absolute Gasteiger partial charge is 0.270 e. The number of hydrogen-bond donors (Lipinski definition) is 1. The molecule has 2 fully saturated rings. The van der Waals surface area contributed by atoms with Gasteiger partial charge in [-0.15, -0.1) is 0 Å². The predicted octanol–water partition coefficient (Wildman–Crippen LogP) is 1.21. The van der Waals surface area contributed by atoms with Gasteiger partial charge in [-0.2, -0.15) is 5.26 Å². The minimum atomic E-state index is -0.207. The number of aryl methyl sites for hydroxylation is 1. The third-order valence-corrected chi connectivity index (χ3v) is 5.09. The Hall–Kier alpha value is -2.32. The zero-order valence-corrected chi connectivity index (χ0v) is 12.6. The van der Waals surface area contributed by atoms with E-state index in [9.17, 15) is 10.1 Å². The number of aromatic nitrogens is 1. The van der Waals surface area contributed by atoms with Crippen molar-refractivity contribution >= 4 is 16.6 Å². The van der Waals surface area contributed by atoms with Crippen molar-refractivity contribution in [3.8, 4) is 6.07 Å². The van der Waals surface area contributed by atoms with Crippen LogP contribution in [0.1, 0.15) is 12.0 Å². The maximum Gasteiger partial charge on any atom is 0.270 e. The minimum Gasteiger partial charge on any atom is -0.368 e. The molecule has 5 nitrogen and oxygen atoms in total. The van der Waals surface area contributed by atoms with Crippen LogP contribution >= 0.6 is 0 Å². The number of nitrogens with zero attached hydrogens (tertiary/aromatic N) is 3. The minimum absolute atomic E-state index is 0.207. The summed E-state index contributed by atoms with van der Waals surface area (Å²) >= 11 is 0. The summed E-state index contributed by atoms with van der Waals surface area (Å²) in [5.41, 5.74) is 2.09. The number of nitrogens with one attached hydrogen (secondary N) is 1. The Kier molecular flexibility index (Phi) is 2.78. The summed E-state index contributed by atoms with van der Waals surface area (Å²) in [5.74, 6) is 0. The van der Waals surface area contributed by atoms with Crippen molar-refractivity contribution in [3.63, 3.8) is 0 Å². The molecule has 0 amide bonds. The molecule has 0 radical (unpaired) electrons. The molecule has 4 rings (SSSR count). The third kappa shape index (κ3) is 1.71. The summed E-state index contributed by atoms with van der Waals surface area (Å²) in [6.45, 7) is 3.95. The van der Waals surface area contributed by atoms with E-state index in [-0.39, 0.29) is 11.1 Å². The Morgan fingerprint density at radius 2 is 2.09 bits per heavy atom. The van der Waals surface area contributed by atoms with Gasteiger partial charge in [0.2, 0.25) is 0 Å². The van der Waals surface area contributed by atoms with Crippen LogP contribution in [0.4, 0.5) is 5.69 Å². The third-order valence-electron chi connectivity index (χ3n) is 5.09. The van der Waals surface area contributed by atoms with Crippen LogP contribution in [-0.2, 0) is 7.05 Å². The quantitative estimate of drug-likeness (QED) is 0.859. The van der Waals surface area contributed by atoms with E-state index >= 15 is 0 Å². The van der Waals surface area contributed by atoms with Crippen LogP contribution in [0.5, 0.6) is 0 Å². The monoisotopic (exact) mass is 294 g/mol. The Morgan fingerprint density at radius 1 is 1.32 bits per heavy atom. The van der Waals surface area contributed by atoms with Gasteiger partial charge in [-0.1, -0.05) is 18.2 Å². The molecular weight excluding hydrogens is 276 g/mol. The fraction of sp³-hybridized carbons (Fsp3) is 0.412. The highest BCUT2D eigenvalue weighted by Crippen LogP contribution is 2.41. The predicted molar refractivity (Wildman–Crippen MR) is 86.0 cm³/mol. The van der Waals surface area contributed by atoms with Gasteiger partial charge in [0.1, 0.15) is 11.6 Å². The standard InChI is InChI=1S/C17H18N4O/c1-20-14-5-3-2-4-12(14)15(13(8-18)16(20)22)21-10-17(11-21)6-7-19-9-17/h2-5,19H,6-7,9-11H2,1H3. The van der Waals surface area contributed by atoms with E-state index in [1.165, 1.54) is 6.42 Å². The van der Waals surface area contributed by atoms with Gasteiger partial charge < -0.3 is 14.8 Å². The second-order valence-corrected chi connectivity index (χ2v) is 6.50. The van der Waals surface area contributed by atoms with E-state index in [1.54, 1.807) is 11.6 Å². The van der Waals surface area contributed by atoms with E-state index in [0.717, 1.165) is 42.8 Å². The van der Waals surface area contributed by atoms with E-state index in [1.807, 2.05) is 24.3 Å². The fourth-order valence-corrected chi connectivity index (χ4v) is 3.90. The van der Waals surface area contributed by atoms with Gasteiger partial charge in [-0.25, -0.2) is 0 Å². The first-order valence-electron chi connectivity index (χ1n) is 7.63. The Morgan fingerprint density at radius 3 is 2.77 bits per heavy atom. The number of para-hydroxylation sites is 1. The molecule has 1 spiro atoms. The van der Waals surface area contributed by atoms with Gasteiger partial charge in [-0.05, 0) is 19.0 Å². The number of pyridine rings is 1. The molecule has 0 bridgehead atoms. The van der Waals surface area contributed by atoms with Gasteiger partial charge in [0.25, 0.3) is 5.56 Å². The molecule has 2 aromatic rings. The summed E-state index contributed by atoms with van der Waals surface area (Å²) in [4.78, 5) is 14.7. The van der Waals surface area contributed by atoms with E-state index < -0.39 is 0 Å². The first-order valence-corrected chi connectivity index (χ1v) is 7.63. The maximum absolute atomic E-state index is 12.5. The SMILES string of the molecule is Cn1c(=O)c(C#N)c(N2CC3(CCNC3)C2)c2ccccc21. The van der Waals surface area contributed by atoms with Crippen molar-refractivity contribution in [1.82, 2.24) is 9.88 Å². The number of anilines is 1. The second-order valence-electron chi connectivity index (χ2n) is 6.50. The fourth-order valence-electron chi connectivity index (χ4n) is 3.90. The summed E-state index contributed by atoms with van der Waals surface area (Å²) in [7, 11) is 1.73. The molecule has 0 aliphatic carbocycles. The van der Waals surface area contributed by atoms with Gasteiger partial charge in [0, 0.05) is 37.5 Å². The van der Waals surface area contributed by atoms with Crippen molar-refractivity contribution in [3.05, 3.63) is 40.2 Å². The molecule has 22 heavy (non-hydrogen) atoms. The summed E-state index contributed by atoms with van der Waals surface area (Å²) < 4.78 is 1.57. The van der Waals surface area contributed by atoms with Crippen LogP contribution in [0.15, 0.2) is 29.1 Å². The first-order chi connectivity index (χ1) is 10.7. The van der Waals surface area contributed by atoms with Crippen molar-refractivity contribution in [2.45, 2.75) is 6.42 Å². The highest BCUT2D eigenvalue weighted by Gasteiger charge is 2.46. The lowest BCUT2D eigenvalue weighted by Crippen LogP contribution is -2.58. The lowest BCUT2D eigenvalue weighted by atomic mass is 9.78. The van der Waals surface area contributed by atoms with Crippen LogP contribution in [0.3, 0.4) is 0 Å². The van der Waals surface area contributed by atoms with Crippen molar-refractivity contribution < 1.29 is 0 Å². The summed E-state index contributed by atoms with van der Waals surface area (Å²) in [5, 5.41) is 13.9. The summed E-state index contributed by atoms with van der Waals surface area (Å²) in [6, 6.07) is 9.96. The van der Waals surface area contributed by atoms with Gasteiger partial charge in [0.05, 0.1) is 11.2 Å². The molecule has 0 atom stereocenters. The molecule has 0 saturated carbocycles. The van der Waals surface area contributed by atoms with Crippen molar-refractivity contribution in [2.75, 3.05) is 31.1 Å². The molecule has 1 N–H and O–H groups in total. The topological polar surface area (TPSA) is 61.1 Å². The van der Waals surface area contributed by atoms with Crippen LogP contribution in [0.25, 0.3) is 10.9 Å². The van der Waals surface area contributed by atoms with E-state index in [0.29, 0.717) is 5.41 Å². The van der Waals surface area contributed by atoms with Gasteiger partial charge >= 0.3 is 0 Å². The highest BCUT2D eigenvalue weighted by molar-refractivity contribution is 5.95.